The van der Waals surface area contributed by atoms with Crippen molar-refractivity contribution >= 4 is 52.5 Å². The lowest BCUT2D eigenvalue weighted by molar-refractivity contribution is 0.0938. The number of nitrogens with zero attached hydrogens (tertiary/aromatic N) is 3. The molecule has 5 nitrogen and oxygen atoms in total. The fourth-order valence-electron chi connectivity index (χ4n) is 3.24. The highest BCUT2D eigenvalue weighted by Gasteiger charge is 2.23. The third-order valence-corrected chi connectivity index (χ3v) is 6.63. The lowest BCUT2D eigenvalue weighted by atomic mass is 10.2. The van der Waals surface area contributed by atoms with Crippen LogP contribution in [0.4, 0.5) is 0 Å². The van der Waals surface area contributed by atoms with Crippen LogP contribution in [0.3, 0.4) is 0 Å². The summed E-state index contributed by atoms with van der Waals surface area (Å²) < 4.78 is 1.84. The number of amides is 1. The highest BCUT2D eigenvalue weighted by molar-refractivity contribution is 7.98. The third-order valence-electron chi connectivity index (χ3n) is 4.84. The van der Waals surface area contributed by atoms with Gasteiger partial charge in [0.25, 0.3) is 5.91 Å². The van der Waals surface area contributed by atoms with E-state index in [0.717, 1.165) is 5.56 Å². The molecule has 0 aliphatic heterocycles. The molecule has 0 saturated heterocycles. The normalized spacial score (nSPS) is 11.9. The van der Waals surface area contributed by atoms with Crippen LogP contribution in [0.5, 0.6) is 0 Å². The van der Waals surface area contributed by atoms with E-state index in [1.165, 1.54) is 11.8 Å². The maximum Gasteiger partial charge on any atom is 0.251 e. The van der Waals surface area contributed by atoms with Crippen molar-refractivity contribution in [2.45, 2.75) is 23.9 Å². The van der Waals surface area contributed by atoms with Gasteiger partial charge in [-0.05, 0) is 48.9 Å². The topological polar surface area (TPSA) is 59.8 Å². The summed E-state index contributed by atoms with van der Waals surface area (Å²) in [5, 5.41) is 13.9. The summed E-state index contributed by atoms with van der Waals surface area (Å²) in [6, 6.07) is 21.6. The SMILES string of the molecule is CC(NC(=O)c1cccc(Cl)c1)c1nnc(SCc2ccccc2)n1-c1cc(Cl)ccc1Cl. The van der Waals surface area contributed by atoms with Gasteiger partial charge in [0.15, 0.2) is 11.0 Å². The molecule has 0 saturated carbocycles. The maximum absolute atomic E-state index is 12.8. The second kappa shape index (κ2) is 10.6. The van der Waals surface area contributed by atoms with Crippen LogP contribution in [0.15, 0.2) is 78.0 Å². The fourth-order valence-corrected chi connectivity index (χ4v) is 4.70. The molecule has 1 aromatic heterocycles. The Morgan fingerprint density at radius 2 is 1.73 bits per heavy atom. The van der Waals surface area contributed by atoms with Crippen LogP contribution >= 0.6 is 46.6 Å². The van der Waals surface area contributed by atoms with E-state index < -0.39 is 6.04 Å². The average molecular weight is 518 g/mol. The number of benzene rings is 3. The fraction of sp³-hybridized carbons (Fsp3) is 0.125. The first-order chi connectivity index (χ1) is 15.9. The van der Waals surface area contributed by atoms with Gasteiger partial charge < -0.3 is 5.32 Å². The van der Waals surface area contributed by atoms with Gasteiger partial charge in [0.1, 0.15) is 0 Å². The summed E-state index contributed by atoms with van der Waals surface area (Å²) >= 11 is 20.3. The molecule has 0 radical (unpaired) electrons. The Labute approximate surface area is 211 Å². The molecule has 0 aliphatic rings. The van der Waals surface area contributed by atoms with Crippen molar-refractivity contribution in [1.82, 2.24) is 20.1 Å². The molecule has 0 aliphatic carbocycles. The number of rotatable bonds is 7. The second-order valence-corrected chi connectivity index (χ2v) is 9.47. The predicted molar refractivity (Wildman–Crippen MR) is 135 cm³/mol. The van der Waals surface area contributed by atoms with E-state index in [-0.39, 0.29) is 5.91 Å². The molecule has 4 rings (SSSR count). The Kier molecular flexibility index (Phi) is 7.60. The van der Waals surface area contributed by atoms with E-state index >= 15 is 0 Å². The van der Waals surface area contributed by atoms with Crippen LogP contribution in [0.2, 0.25) is 15.1 Å². The van der Waals surface area contributed by atoms with Crippen LogP contribution in [0, 0.1) is 0 Å². The van der Waals surface area contributed by atoms with Crippen molar-refractivity contribution in [2.24, 2.45) is 0 Å². The summed E-state index contributed by atoms with van der Waals surface area (Å²) in [4.78, 5) is 12.8. The third kappa shape index (κ3) is 5.71. The average Bonchev–Trinajstić information content (AvgIpc) is 3.24. The number of aromatic nitrogens is 3. The van der Waals surface area contributed by atoms with Crippen LogP contribution in [0.25, 0.3) is 5.69 Å². The summed E-state index contributed by atoms with van der Waals surface area (Å²) in [6.45, 7) is 1.84. The van der Waals surface area contributed by atoms with Crippen molar-refractivity contribution < 1.29 is 4.79 Å². The van der Waals surface area contributed by atoms with Gasteiger partial charge in [0, 0.05) is 21.4 Å². The van der Waals surface area contributed by atoms with Crippen LogP contribution in [-0.2, 0) is 5.75 Å². The van der Waals surface area contributed by atoms with E-state index in [0.29, 0.717) is 43.1 Å². The van der Waals surface area contributed by atoms with Gasteiger partial charge in [-0.25, -0.2) is 0 Å². The first-order valence-corrected chi connectivity index (χ1v) is 12.2. The predicted octanol–water partition coefficient (Wildman–Crippen LogP) is 7.01. The van der Waals surface area contributed by atoms with Gasteiger partial charge in [0.05, 0.1) is 16.8 Å². The number of carbonyl (C=O) groups excluding carboxylic acids is 1. The number of hydrogen-bond donors (Lipinski definition) is 1. The van der Waals surface area contributed by atoms with Crippen LogP contribution in [0.1, 0.15) is 34.7 Å². The van der Waals surface area contributed by atoms with Gasteiger partial charge in [-0.15, -0.1) is 10.2 Å². The smallest absolute Gasteiger partial charge is 0.251 e. The van der Waals surface area contributed by atoms with Crippen molar-refractivity contribution in [3.8, 4) is 5.69 Å². The monoisotopic (exact) mass is 516 g/mol. The number of nitrogens with one attached hydrogen (secondary N) is 1. The molecule has 1 atom stereocenters. The standard InChI is InChI=1S/C24H19Cl3N4OS/c1-15(28-23(32)17-8-5-9-18(25)12-17)22-29-30-24(33-14-16-6-3-2-4-7-16)31(22)21-13-19(26)10-11-20(21)27/h2-13,15H,14H2,1H3,(H,28,32). The molecule has 0 spiro atoms. The molecular weight excluding hydrogens is 499 g/mol. The molecule has 33 heavy (non-hydrogen) atoms. The molecule has 9 heteroatoms. The lowest BCUT2D eigenvalue weighted by Crippen LogP contribution is -2.28. The van der Waals surface area contributed by atoms with Gasteiger partial charge in [-0.1, -0.05) is 83.0 Å². The molecule has 3 aromatic carbocycles. The molecule has 4 aromatic rings. The van der Waals surface area contributed by atoms with E-state index in [1.54, 1.807) is 42.5 Å². The van der Waals surface area contributed by atoms with Gasteiger partial charge in [-0.2, -0.15) is 0 Å². The van der Waals surface area contributed by atoms with E-state index in [9.17, 15) is 4.79 Å². The minimum absolute atomic E-state index is 0.268. The summed E-state index contributed by atoms with van der Waals surface area (Å²) in [5.41, 5.74) is 2.25. The first-order valence-electron chi connectivity index (χ1n) is 10.1. The first kappa shape index (κ1) is 23.6. The zero-order valence-electron chi connectivity index (χ0n) is 17.5. The van der Waals surface area contributed by atoms with Crippen molar-refractivity contribution in [1.29, 1.82) is 0 Å². The van der Waals surface area contributed by atoms with Crippen LogP contribution < -0.4 is 5.32 Å². The van der Waals surface area contributed by atoms with Crippen molar-refractivity contribution in [3.63, 3.8) is 0 Å². The molecule has 0 fully saturated rings. The molecule has 0 bridgehead atoms. The quantitative estimate of drug-likeness (QED) is 0.268. The number of thioether (sulfide) groups is 1. The van der Waals surface area contributed by atoms with Crippen molar-refractivity contribution in [2.75, 3.05) is 0 Å². The summed E-state index contributed by atoms with van der Waals surface area (Å²) in [7, 11) is 0. The molecule has 168 valence electrons. The van der Waals surface area contributed by atoms with Gasteiger partial charge in [0.2, 0.25) is 0 Å². The molecule has 1 unspecified atom stereocenters. The van der Waals surface area contributed by atoms with Crippen molar-refractivity contribution in [3.05, 3.63) is 105 Å². The maximum atomic E-state index is 12.8. The zero-order valence-corrected chi connectivity index (χ0v) is 20.6. The highest BCUT2D eigenvalue weighted by Crippen LogP contribution is 2.32. The molecular formula is C24H19Cl3N4OS. The highest BCUT2D eigenvalue weighted by atomic mass is 35.5. The Bertz CT molecular complexity index is 1280. The lowest BCUT2D eigenvalue weighted by Gasteiger charge is -2.17. The van der Waals surface area contributed by atoms with Gasteiger partial charge in [-0.3, -0.25) is 9.36 Å². The molecule has 1 N–H and O–H groups in total. The molecule has 1 heterocycles. The Morgan fingerprint density at radius 3 is 2.48 bits per heavy atom. The zero-order chi connectivity index (χ0) is 23.4. The van der Waals surface area contributed by atoms with E-state index in [4.69, 9.17) is 34.8 Å². The van der Waals surface area contributed by atoms with Crippen LogP contribution in [-0.4, -0.2) is 20.7 Å². The number of carbonyl (C=O) groups is 1. The summed E-state index contributed by atoms with van der Waals surface area (Å²) in [6.07, 6.45) is 0. The summed E-state index contributed by atoms with van der Waals surface area (Å²) in [5.74, 6) is 0.959. The largest absolute Gasteiger partial charge is 0.342 e. The van der Waals surface area contributed by atoms with E-state index in [1.807, 2.05) is 29.7 Å². The van der Waals surface area contributed by atoms with E-state index in [2.05, 4.69) is 27.6 Å². The Hall–Kier alpha value is -2.51. The Morgan fingerprint density at radius 1 is 0.970 bits per heavy atom. The Balaban J connectivity index is 1.67. The second-order valence-electron chi connectivity index (χ2n) is 7.25. The minimum Gasteiger partial charge on any atom is -0.342 e. The van der Waals surface area contributed by atoms with Gasteiger partial charge >= 0.3 is 0 Å². The minimum atomic E-state index is -0.467. The number of halogens is 3. The molecule has 1 amide bonds. The number of hydrogen-bond acceptors (Lipinski definition) is 4.